The van der Waals surface area contributed by atoms with Gasteiger partial charge in [0, 0.05) is 41.8 Å². The maximum absolute atomic E-state index is 13.9. The Labute approximate surface area is 236 Å². The number of fused-ring (bicyclic) bond motifs is 1. The molecule has 39 heavy (non-hydrogen) atoms. The summed E-state index contributed by atoms with van der Waals surface area (Å²) in [5.41, 5.74) is 6.13. The van der Waals surface area contributed by atoms with Gasteiger partial charge in [-0.3, -0.25) is 9.78 Å². The summed E-state index contributed by atoms with van der Waals surface area (Å²) in [5, 5.41) is 0. The predicted molar refractivity (Wildman–Crippen MR) is 161 cm³/mol. The second kappa shape index (κ2) is 11.0. The van der Waals surface area contributed by atoms with Crippen molar-refractivity contribution < 1.29 is 9.53 Å². The van der Waals surface area contributed by atoms with Crippen molar-refractivity contribution in [1.82, 2.24) is 9.88 Å². The molecule has 2 heterocycles. The molecule has 1 aliphatic carbocycles. The normalized spacial score (nSPS) is 15.4. The summed E-state index contributed by atoms with van der Waals surface area (Å²) < 4.78 is 5.92. The molecule has 0 unspecified atom stereocenters. The van der Waals surface area contributed by atoms with Crippen LogP contribution in [-0.4, -0.2) is 29.4 Å². The number of rotatable bonds is 8. The van der Waals surface area contributed by atoms with Gasteiger partial charge in [-0.05, 0) is 76.8 Å². The fraction of sp³-hybridized carbons (Fsp3) is 0.353. The van der Waals surface area contributed by atoms with Gasteiger partial charge in [0.1, 0.15) is 5.75 Å². The smallest absolute Gasteiger partial charge is 0.264 e. The van der Waals surface area contributed by atoms with Crippen molar-refractivity contribution in [3.05, 3.63) is 106 Å². The third kappa shape index (κ3) is 5.79. The van der Waals surface area contributed by atoms with Crippen LogP contribution in [0.4, 0.5) is 0 Å². The summed E-state index contributed by atoms with van der Waals surface area (Å²) in [6, 6.07) is 24.7. The van der Waals surface area contributed by atoms with Crippen molar-refractivity contribution in [2.45, 2.75) is 64.3 Å². The quantitative estimate of drug-likeness (QED) is 0.228. The molecule has 0 saturated heterocycles. The molecule has 2 aromatic carbocycles. The molecular weight excluding hydrogens is 500 g/mol. The van der Waals surface area contributed by atoms with E-state index in [4.69, 9.17) is 4.74 Å². The molecule has 0 bridgehead atoms. The Bertz CT molecular complexity index is 1440. The Hall–Kier alpha value is -3.44. The number of amides is 1. The van der Waals surface area contributed by atoms with Gasteiger partial charge in [-0.15, -0.1) is 11.3 Å². The Morgan fingerprint density at radius 3 is 2.28 bits per heavy atom. The molecule has 0 saturated carbocycles. The highest BCUT2D eigenvalue weighted by atomic mass is 32.1. The number of thiophene rings is 1. The number of hydrogen-bond acceptors (Lipinski definition) is 4. The monoisotopic (exact) mass is 538 g/mol. The third-order valence-electron chi connectivity index (χ3n) is 8.12. The summed E-state index contributed by atoms with van der Waals surface area (Å²) in [4.78, 5) is 22.1. The molecule has 0 radical (unpaired) electrons. The average Bonchev–Trinajstić information content (AvgIpc) is 3.44. The van der Waals surface area contributed by atoms with Crippen LogP contribution in [0.3, 0.4) is 0 Å². The molecule has 4 aromatic rings. The van der Waals surface area contributed by atoms with Crippen molar-refractivity contribution in [1.29, 1.82) is 0 Å². The van der Waals surface area contributed by atoms with Gasteiger partial charge in [0.25, 0.3) is 5.91 Å². The number of aromatic nitrogens is 1. The first-order chi connectivity index (χ1) is 18.7. The first-order valence-electron chi connectivity index (χ1n) is 13.7. The van der Waals surface area contributed by atoms with Crippen LogP contribution in [0, 0.1) is 0 Å². The molecule has 0 spiro atoms. The molecule has 5 rings (SSSR count). The second-order valence-electron chi connectivity index (χ2n) is 11.8. The second-order valence-corrected chi connectivity index (χ2v) is 12.9. The van der Waals surface area contributed by atoms with E-state index in [1.165, 1.54) is 11.1 Å². The predicted octanol–water partition coefficient (Wildman–Crippen LogP) is 8.05. The summed E-state index contributed by atoms with van der Waals surface area (Å²) >= 11 is 1.55. The molecule has 1 amide bonds. The van der Waals surface area contributed by atoms with Crippen molar-refractivity contribution in [2.24, 2.45) is 0 Å². The zero-order valence-corrected chi connectivity index (χ0v) is 24.5. The van der Waals surface area contributed by atoms with Gasteiger partial charge in [-0.2, -0.15) is 0 Å². The molecule has 0 fully saturated rings. The van der Waals surface area contributed by atoms with Crippen LogP contribution < -0.4 is 4.74 Å². The fourth-order valence-electron chi connectivity index (χ4n) is 5.56. The first-order valence-corrected chi connectivity index (χ1v) is 14.6. The number of nitrogens with zero attached hydrogens (tertiary/aromatic N) is 2. The van der Waals surface area contributed by atoms with Crippen LogP contribution in [0.15, 0.2) is 79.0 Å². The molecule has 1 aliphatic rings. The molecule has 0 atom stereocenters. The summed E-state index contributed by atoms with van der Waals surface area (Å²) in [6.45, 7) is 10.5. The number of carbonyl (C=O) groups excluding carboxylic acids is 1. The van der Waals surface area contributed by atoms with E-state index in [1.807, 2.05) is 47.4 Å². The topological polar surface area (TPSA) is 42.4 Å². The number of pyridine rings is 1. The van der Waals surface area contributed by atoms with Gasteiger partial charge in [-0.25, -0.2) is 0 Å². The van der Waals surface area contributed by atoms with Crippen molar-refractivity contribution >= 4 is 17.2 Å². The Morgan fingerprint density at radius 1 is 0.923 bits per heavy atom. The van der Waals surface area contributed by atoms with E-state index in [1.54, 1.807) is 24.6 Å². The summed E-state index contributed by atoms with van der Waals surface area (Å²) in [7, 11) is 1.74. The van der Waals surface area contributed by atoms with Gasteiger partial charge in [0.05, 0.1) is 12.0 Å². The lowest BCUT2D eigenvalue weighted by atomic mass is 9.63. The maximum atomic E-state index is 13.9. The summed E-state index contributed by atoms with van der Waals surface area (Å²) in [5.74, 6) is 0.918. The van der Waals surface area contributed by atoms with Gasteiger partial charge in [-0.1, -0.05) is 64.1 Å². The van der Waals surface area contributed by atoms with E-state index in [2.05, 4.69) is 63.0 Å². The molecule has 0 N–H and O–H groups in total. The zero-order chi connectivity index (χ0) is 27.6. The lowest BCUT2D eigenvalue weighted by Crippen LogP contribution is -2.33. The molecule has 4 nitrogen and oxygen atoms in total. The highest BCUT2D eigenvalue weighted by Crippen LogP contribution is 2.49. The van der Waals surface area contributed by atoms with Gasteiger partial charge >= 0.3 is 0 Å². The van der Waals surface area contributed by atoms with Crippen molar-refractivity contribution in [2.75, 3.05) is 13.7 Å². The number of carbonyl (C=O) groups is 1. The number of ether oxygens (including phenoxy) is 1. The minimum atomic E-state index is 0.0458. The van der Waals surface area contributed by atoms with E-state index in [0.29, 0.717) is 19.5 Å². The summed E-state index contributed by atoms with van der Waals surface area (Å²) in [6.07, 6.45) is 4.82. The standard InChI is InChI=1S/C34H38N2O2S/c1-33(2)17-18-34(3,4)28-22-29(38-5)26(21-27(28)33)30-14-15-31(39-30)32(37)36(23-24-11-7-6-8-12-24)20-16-25-13-9-10-19-35-25/h6-15,19,21-22H,16-18,20,23H2,1-5H3. The fourth-order valence-corrected chi connectivity index (χ4v) is 6.56. The lowest BCUT2D eigenvalue weighted by Gasteiger charge is -2.42. The molecule has 2 aromatic heterocycles. The van der Waals surface area contributed by atoms with E-state index in [9.17, 15) is 4.79 Å². The maximum Gasteiger partial charge on any atom is 0.264 e. The largest absolute Gasteiger partial charge is 0.496 e. The Kier molecular flexibility index (Phi) is 7.64. The highest BCUT2D eigenvalue weighted by molar-refractivity contribution is 7.17. The van der Waals surface area contributed by atoms with Gasteiger partial charge < -0.3 is 9.64 Å². The highest BCUT2D eigenvalue weighted by Gasteiger charge is 2.38. The Balaban J connectivity index is 1.46. The lowest BCUT2D eigenvalue weighted by molar-refractivity contribution is 0.0749. The molecule has 202 valence electrons. The van der Waals surface area contributed by atoms with Crippen LogP contribution in [0.1, 0.15) is 72.6 Å². The van der Waals surface area contributed by atoms with Crippen LogP contribution in [-0.2, 0) is 23.8 Å². The minimum absolute atomic E-state index is 0.0458. The average molecular weight is 539 g/mol. The van der Waals surface area contributed by atoms with E-state index in [-0.39, 0.29) is 16.7 Å². The third-order valence-corrected chi connectivity index (χ3v) is 9.23. The minimum Gasteiger partial charge on any atom is -0.496 e. The first kappa shape index (κ1) is 27.1. The van der Waals surface area contributed by atoms with Gasteiger partial charge in [0.2, 0.25) is 0 Å². The van der Waals surface area contributed by atoms with Crippen molar-refractivity contribution in [3.63, 3.8) is 0 Å². The molecule has 5 heteroatoms. The van der Waals surface area contributed by atoms with Crippen LogP contribution >= 0.6 is 11.3 Å². The number of methoxy groups -OCH3 is 1. The van der Waals surface area contributed by atoms with Crippen molar-refractivity contribution in [3.8, 4) is 16.2 Å². The SMILES string of the molecule is COc1cc2c(cc1-c1ccc(C(=O)N(CCc3ccccn3)Cc3ccccc3)s1)C(C)(C)CCC2(C)C. The van der Waals surface area contributed by atoms with E-state index < -0.39 is 0 Å². The van der Waals surface area contributed by atoms with Crippen LogP contribution in [0.5, 0.6) is 5.75 Å². The van der Waals surface area contributed by atoms with E-state index in [0.717, 1.165) is 45.2 Å². The van der Waals surface area contributed by atoms with Crippen LogP contribution in [0.25, 0.3) is 10.4 Å². The number of hydrogen-bond donors (Lipinski definition) is 0. The molecule has 0 aliphatic heterocycles. The van der Waals surface area contributed by atoms with Crippen LogP contribution in [0.2, 0.25) is 0 Å². The molecular formula is C34H38N2O2S. The Morgan fingerprint density at radius 2 is 1.62 bits per heavy atom. The van der Waals surface area contributed by atoms with E-state index >= 15 is 0 Å². The van der Waals surface area contributed by atoms with Gasteiger partial charge in [0.15, 0.2) is 0 Å². The zero-order valence-electron chi connectivity index (χ0n) is 23.7. The number of benzene rings is 2.